The van der Waals surface area contributed by atoms with Crippen molar-refractivity contribution in [3.63, 3.8) is 0 Å². The lowest BCUT2D eigenvalue weighted by Crippen LogP contribution is -2.26. The van der Waals surface area contributed by atoms with E-state index in [1.807, 2.05) is 6.07 Å². The van der Waals surface area contributed by atoms with E-state index < -0.39 is 0 Å². The zero-order valence-electron chi connectivity index (χ0n) is 9.02. The van der Waals surface area contributed by atoms with Gasteiger partial charge in [-0.3, -0.25) is 0 Å². The van der Waals surface area contributed by atoms with Gasteiger partial charge >= 0.3 is 0 Å². The molecule has 1 aromatic rings. The molecule has 0 aliphatic heterocycles. The average molecular weight is 225 g/mol. The standard InChI is InChI=1S/C12H19NOS/c13-11(7-10-5-6-14-8-10)9-15-12-3-1-2-4-12/h5-6,8,11-12H,1-4,7,9,13H2. The van der Waals surface area contributed by atoms with Gasteiger partial charge in [-0.25, -0.2) is 0 Å². The third kappa shape index (κ3) is 3.58. The van der Waals surface area contributed by atoms with Crippen LogP contribution in [-0.4, -0.2) is 17.0 Å². The molecule has 1 aromatic heterocycles. The zero-order valence-corrected chi connectivity index (χ0v) is 9.84. The molecule has 3 heteroatoms. The summed E-state index contributed by atoms with van der Waals surface area (Å²) in [4.78, 5) is 0. The third-order valence-corrected chi connectivity index (χ3v) is 4.49. The maximum Gasteiger partial charge on any atom is 0.0935 e. The largest absolute Gasteiger partial charge is 0.472 e. The first kappa shape index (κ1) is 11.1. The Labute approximate surface area is 95.6 Å². The van der Waals surface area contributed by atoms with Gasteiger partial charge in [-0.1, -0.05) is 12.8 Å². The quantitative estimate of drug-likeness (QED) is 0.837. The van der Waals surface area contributed by atoms with Crippen molar-refractivity contribution in [1.29, 1.82) is 0 Å². The maximum atomic E-state index is 6.08. The van der Waals surface area contributed by atoms with E-state index in [2.05, 4.69) is 11.8 Å². The van der Waals surface area contributed by atoms with Crippen LogP contribution in [0.2, 0.25) is 0 Å². The highest BCUT2D eigenvalue weighted by Gasteiger charge is 2.16. The summed E-state index contributed by atoms with van der Waals surface area (Å²) in [5, 5.41) is 0.875. The highest BCUT2D eigenvalue weighted by molar-refractivity contribution is 7.99. The molecule has 0 bridgehead atoms. The maximum absolute atomic E-state index is 6.08. The van der Waals surface area contributed by atoms with Gasteiger partial charge < -0.3 is 10.2 Å². The average Bonchev–Trinajstić information content (AvgIpc) is 2.86. The lowest BCUT2D eigenvalue weighted by molar-refractivity contribution is 0.562. The minimum absolute atomic E-state index is 0.271. The molecule has 0 aromatic carbocycles. The van der Waals surface area contributed by atoms with E-state index in [0.29, 0.717) is 0 Å². The van der Waals surface area contributed by atoms with E-state index >= 15 is 0 Å². The van der Waals surface area contributed by atoms with E-state index in [-0.39, 0.29) is 6.04 Å². The summed E-state index contributed by atoms with van der Waals surface area (Å²) in [5.41, 5.74) is 7.30. The van der Waals surface area contributed by atoms with Crippen LogP contribution in [0.4, 0.5) is 0 Å². The topological polar surface area (TPSA) is 39.2 Å². The molecule has 84 valence electrons. The molecule has 2 nitrogen and oxygen atoms in total. The summed E-state index contributed by atoms with van der Waals surface area (Å²) >= 11 is 2.06. The summed E-state index contributed by atoms with van der Waals surface area (Å²) in [6.45, 7) is 0. The smallest absolute Gasteiger partial charge is 0.0935 e. The fourth-order valence-corrected chi connectivity index (χ4v) is 3.39. The second kappa shape index (κ2) is 5.61. The van der Waals surface area contributed by atoms with Crippen LogP contribution in [0.15, 0.2) is 23.0 Å². The molecule has 1 saturated carbocycles. The number of hydrogen-bond donors (Lipinski definition) is 1. The molecule has 1 atom stereocenters. The lowest BCUT2D eigenvalue weighted by Gasteiger charge is -2.13. The molecule has 0 radical (unpaired) electrons. The van der Waals surface area contributed by atoms with E-state index in [1.54, 1.807) is 12.5 Å². The molecular weight excluding hydrogens is 206 g/mol. The van der Waals surface area contributed by atoms with Gasteiger partial charge in [0.25, 0.3) is 0 Å². The molecule has 1 unspecified atom stereocenters. The summed E-state index contributed by atoms with van der Waals surface area (Å²) in [7, 11) is 0. The number of rotatable bonds is 5. The molecule has 2 rings (SSSR count). The Bertz CT molecular complexity index is 267. The van der Waals surface area contributed by atoms with Crippen LogP contribution >= 0.6 is 11.8 Å². The highest BCUT2D eigenvalue weighted by atomic mass is 32.2. The first-order valence-electron chi connectivity index (χ1n) is 5.73. The second-order valence-corrected chi connectivity index (χ2v) is 5.67. The predicted octanol–water partition coefficient (Wildman–Crippen LogP) is 2.83. The van der Waals surface area contributed by atoms with Crippen molar-refractivity contribution in [2.45, 2.75) is 43.4 Å². The van der Waals surface area contributed by atoms with Crippen LogP contribution in [0.5, 0.6) is 0 Å². The Balaban J connectivity index is 1.66. The van der Waals surface area contributed by atoms with Crippen molar-refractivity contribution in [2.24, 2.45) is 5.73 Å². The summed E-state index contributed by atoms with van der Waals surface area (Å²) < 4.78 is 5.03. The Kier molecular flexibility index (Phi) is 4.15. The zero-order chi connectivity index (χ0) is 10.5. The molecule has 1 aliphatic carbocycles. The van der Waals surface area contributed by atoms with Gasteiger partial charge in [-0.15, -0.1) is 0 Å². The van der Waals surface area contributed by atoms with Gasteiger partial charge in [-0.2, -0.15) is 11.8 Å². The van der Waals surface area contributed by atoms with Crippen molar-refractivity contribution in [2.75, 3.05) is 5.75 Å². The molecule has 2 N–H and O–H groups in total. The monoisotopic (exact) mass is 225 g/mol. The summed E-state index contributed by atoms with van der Waals surface area (Å²) in [5.74, 6) is 1.08. The van der Waals surface area contributed by atoms with Crippen molar-refractivity contribution in [3.8, 4) is 0 Å². The van der Waals surface area contributed by atoms with Crippen molar-refractivity contribution < 1.29 is 4.42 Å². The van der Waals surface area contributed by atoms with Crippen molar-refractivity contribution in [1.82, 2.24) is 0 Å². The van der Waals surface area contributed by atoms with Crippen LogP contribution in [-0.2, 0) is 6.42 Å². The molecule has 0 amide bonds. The van der Waals surface area contributed by atoms with Gasteiger partial charge in [0, 0.05) is 17.0 Å². The highest BCUT2D eigenvalue weighted by Crippen LogP contribution is 2.29. The van der Waals surface area contributed by atoms with Crippen LogP contribution in [0.3, 0.4) is 0 Å². The fourth-order valence-electron chi connectivity index (χ4n) is 2.09. The minimum atomic E-state index is 0.271. The molecule has 1 fully saturated rings. The Morgan fingerprint density at radius 1 is 1.47 bits per heavy atom. The SMILES string of the molecule is NC(CSC1CCCC1)Cc1ccoc1. The van der Waals surface area contributed by atoms with Gasteiger partial charge in [0.2, 0.25) is 0 Å². The van der Waals surface area contributed by atoms with Gasteiger partial charge in [-0.05, 0) is 30.9 Å². The van der Waals surface area contributed by atoms with Gasteiger partial charge in [0.15, 0.2) is 0 Å². The van der Waals surface area contributed by atoms with E-state index in [9.17, 15) is 0 Å². The van der Waals surface area contributed by atoms with Gasteiger partial charge in [0.1, 0.15) is 0 Å². The Hall–Kier alpha value is -0.410. The summed E-state index contributed by atoms with van der Waals surface area (Å²) in [6, 6.07) is 2.27. The van der Waals surface area contributed by atoms with Crippen LogP contribution < -0.4 is 5.73 Å². The number of nitrogens with two attached hydrogens (primary N) is 1. The number of thioether (sulfide) groups is 1. The van der Waals surface area contributed by atoms with Crippen LogP contribution in [0.25, 0.3) is 0 Å². The van der Waals surface area contributed by atoms with E-state index in [0.717, 1.165) is 17.4 Å². The predicted molar refractivity (Wildman–Crippen MR) is 65.1 cm³/mol. The first-order chi connectivity index (χ1) is 7.34. The molecular formula is C12H19NOS. The molecule has 1 heterocycles. The fraction of sp³-hybridized carbons (Fsp3) is 0.667. The Morgan fingerprint density at radius 3 is 2.93 bits per heavy atom. The molecule has 0 saturated heterocycles. The molecule has 15 heavy (non-hydrogen) atoms. The van der Waals surface area contributed by atoms with Crippen molar-refractivity contribution >= 4 is 11.8 Å². The van der Waals surface area contributed by atoms with Crippen LogP contribution in [0.1, 0.15) is 31.2 Å². The lowest BCUT2D eigenvalue weighted by atomic mass is 10.1. The Morgan fingerprint density at radius 2 is 2.27 bits per heavy atom. The molecule has 1 aliphatic rings. The normalized spacial score (nSPS) is 19.5. The first-order valence-corrected chi connectivity index (χ1v) is 6.78. The number of furan rings is 1. The van der Waals surface area contributed by atoms with E-state index in [1.165, 1.54) is 31.2 Å². The number of hydrogen-bond acceptors (Lipinski definition) is 3. The summed E-state index contributed by atoms with van der Waals surface area (Å²) in [6.07, 6.45) is 10.1. The molecule has 0 spiro atoms. The van der Waals surface area contributed by atoms with E-state index in [4.69, 9.17) is 10.2 Å². The van der Waals surface area contributed by atoms with Crippen molar-refractivity contribution in [3.05, 3.63) is 24.2 Å². The minimum Gasteiger partial charge on any atom is -0.472 e. The van der Waals surface area contributed by atoms with Gasteiger partial charge in [0.05, 0.1) is 12.5 Å². The van der Waals surface area contributed by atoms with Crippen LogP contribution in [0, 0.1) is 0 Å². The third-order valence-electron chi connectivity index (χ3n) is 2.93. The second-order valence-electron chi connectivity index (χ2n) is 4.34.